The monoisotopic (exact) mass is 298 g/mol. The summed E-state index contributed by atoms with van der Waals surface area (Å²) in [6, 6.07) is 3.78. The lowest BCUT2D eigenvalue weighted by Gasteiger charge is -2.24. The molecule has 0 aromatic rings. The van der Waals surface area contributed by atoms with Crippen LogP contribution in [0.15, 0.2) is 0 Å². The van der Waals surface area contributed by atoms with Crippen molar-refractivity contribution in [3.8, 4) is 12.1 Å². The molecule has 2 heterocycles. The van der Waals surface area contributed by atoms with Crippen molar-refractivity contribution in [3.05, 3.63) is 0 Å². The van der Waals surface area contributed by atoms with Gasteiger partial charge in [0.05, 0.1) is 48.6 Å². The van der Waals surface area contributed by atoms with Crippen molar-refractivity contribution < 1.29 is 8.42 Å². The zero-order valence-electron chi connectivity index (χ0n) is 10.3. The van der Waals surface area contributed by atoms with E-state index in [0.717, 1.165) is 0 Å². The van der Waals surface area contributed by atoms with Crippen molar-refractivity contribution in [1.29, 1.82) is 10.5 Å². The second kappa shape index (κ2) is 5.32. The summed E-state index contributed by atoms with van der Waals surface area (Å²) < 4.78 is 23.5. The third-order valence-electron chi connectivity index (χ3n) is 3.51. The van der Waals surface area contributed by atoms with Crippen molar-refractivity contribution in [1.82, 2.24) is 9.80 Å². The van der Waals surface area contributed by atoms with E-state index in [-0.39, 0.29) is 23.6 Å². The lowest BCUT2D eigenvalue weighted by Crippen LogP contribution is -2.38. The summed E-state index contributed by atoms with van der Waals surface area (Å²) in [6.45, 7) is 0.907. The molecule has 2 rings (SSSR count). The van der Waals surface area contributed by atoms with Gasteiger partial charge in [0, 0.05) is 13.1 Å². The number of nitriles is 2. The zero-order valence-corrected chi connectivity index (χ0v) is 12.0. The average Bonchev–Trinajstić information content (AvgIpc) is 2.76. The highest BCUT2D eigenvalue weighted by Crippen LogP contribution is 2.31. The first kappa shape index (κ1) is 14.0. The van der Waals surface area contributed by atoms with Gasteiger partial charge in [-0.15, -0.1) is 0 Å². The van der Waals surface area contributed by atoms with Gasteiger partial charge in [0.25, 0.3) is 0 Å². The van der Waals surface area contributed by atoms with Crippen LogP contribution in [0.3, 0.4) is 0 Å². The first-order valence-corrected chi connectivity index (χ1v) is 8.24. The van der Waals surface area contributed by atoms with Crippen molar-refractivity contribution in [2.45, 2.75) is 24.9 Å². The molecule has 0 N–H and O–H groups in total. The Labute approximate surface area is 118 Å². The largest absolute Gasteiger partial charge is 0.342 e. The lowest BCUT2D eigenvalue weighted by molar-refractivity contribution is 0.318. The highest BCUT2D eigenvalue weighted by molar-refractivity contribution is 7.91. The Balaban J connectivity index is 2.21. The van der Waals surface area contributed by atoms with Gasteiger partial charge in [-0.1, -0.05) is 0 Å². The first-order valence-electron chi connectivity index (χ1n) is 6.02. The smallest absolute Gasteiger partial charge is 0.172 e. The highest BCUT2D eigenvalue weighted by Gasteiger charge is 2.50. The molecule has 6 nitrogen and oxygen atoms in total. The summed E-state index contributed by atoms with van der Waals surface area (Å²) in [5.74, 6) is 0.179. The Morgan fingerprint density at radius 3 is 1.89 bits per heavy atom. The van der Waals surface area contributed by atoms with Gasteiger partial charge in [-0.05, 0) is 12.2 Å². The number of rotatable bonds is 4. The second-order valence-corrected chi connectivity index (χ2v) is 7.22. The number of sulfone groups is 1. The Kier molecular flexibility index (Phi) is 3.93. The summed E-state index contributed by atoms with van der Waals surface area (Å²) in [5.41, 5.74) is 0. The number of fused-ring (bicyclic) bond motifs is 1. The van der Waals surface area contributed by atoms with Crippen LogP contribution in [0.2, 0.25) is 0 Å². The third-order valence-corrected chi connectivity index (χ3v) is 5.68. The van der Waals surface area contributed by atoms with E-state index < -0.39 is 9.84 Å². The third kappa shape index (κ3) is 2.65. The van der Waals surface area contributed by atoms with Crippen LogP contribution in [0.25, 0.3) is 0 Å². The molecule has 8 heteroatoms. The predicted molar refractivity (Wildman–Crippen MR) is 72.7 cm³/mol. The Hall–Kier alpha value is -1.38. The summed E-state index contributed by atoms with van der Waals surface area (Å²) in [5, 5.41) is 17.9. The summed E-state index contributed by atoms with van der Waals surface area (Å²) in [4.78, 5) is 3.68. The van der Waals surface area contributed by atoms with Crippen molar-refractivity contribution >= 4 is 27.2 Å². The fourth-order valence-corrected chi connectivity index (χ4v) is 5.15. The zero-order chi connectivity index (χ0) is 14.0. The maximum absolute atomic E-state index is 11.8. The molecule has 102 valence electrons. The van der Waals surface area contributed by atoms with Crippen LogP contribution in [0.4, 0.5) is 0 Å². The summed E-state index contributed by atoms with van der Waals surface area (Å²) in [7, 11) is -3.05. The van der Waals surface area contributed by atoms with Gasteiger partial charge in [0.15, 0.2) is 14.9 Å². The number of hydrogen-bond donors (Lipinski definition) is 0. The second-order valence-electron chi connectivity index (χ2n) is 4.70. The van der Waals surface area contributed by atoms with Crippen LogP contribution in [0.5, 0.6) is 0 Å². The van der Waals surface area contributed by atoms with Crippen LogP contribution in [-0.2, 0) is 9.84 Å². The molecule has 0 aliphatic carbocycles. The van der Waals surface area contributed by atoms with E-state index in [4.69, 9.17) is 22.7 Å². The molecule has 0 bridgehead atoms. The van der Waals surface area contributed by atoms with E-state index in [2.05, 4.69) is 12.1 Å². The molecule has 0 spiro atoms. The molecule has 0 amide bonds. The fraction of sp³-hybridized carbons (Fsp3) is 0.727. The van der Waals surface area contributed by atoms with Gasteiger partial charge < -0.3 is 9.80 Å². The molecular formula is C11H14N4O2S2. The van der Waals surface area contributed by atoms with Crippen molar-refractivity contribution in [2.75, 3.05) is 24.6 Å². The summed E-state index contributed by atoms with van der Waals surface area (Å²) in [6.07, 6.45) is 0.630. The van der Waals surface area contributed by atoms with Gasteiger partial charge in [-0.2, -0.15) is 10.5 Å². The predicted octanol–water partition coefficient (Wildman–Crippen LogP) is -0.118. The normalized spacial score (nSPS) is 28.0. The van der Waals surface area contributed by atoms with Crippen LogP contribution >= 0.6 is 12.2 Å². The molecule has 2 aliphatic rings. The molecule has 2 aliphatic heterocycles. The highest BCUT2D eigenvalue weighted by atomic mass is 32.2. The molecule has 0 radical (unpaired) electrons. The van der Waals surface area contributed by atoms with E-state index in [9.17, 15) is 8.42 Å². The average molecular weight is 298 g/mol. The first-order chi connectivity index (χ1) is 9.00. The van der Waals surface area contributed by atoms with Crippen LogP contribution < -0.4 is 0 Å². The van der Waals surface area contributed by atoms with E-state index >= 15 is 0 Å². The maximum atomic E-state index is 11.8. The Bertz CT molecular complexity index is 518. The minimum atomic E-state index is -3.05. The summed E-state index contributed by atoms with van der Waals surface area (Å²) >= 11 is 5.36. The number of hydrogen-bond acceptors (Lipinski definition) is 5. The van der Waals surface area contributed by atoms with E-state index in [1.165, 1.54) is 0 Å². The van der Waals surface area contributed by atoms with Crippen molar-refractivity contribution in [2.24, 2.45) is 0 Å². The minimum absolute atomic E-state index is 0.0896. The molecule has 0 aromatic carbocycles. The SMILES string of the molecule is N#CCCN1C(=S)N(CCC#N)[C@H]2CS(=O)(=O)C[C@H]21. The van der Waals surface area contributed by atoms with Crippen LogP contribution in [-0.4, -0.2) is 60.0 Å². The topological polar surface area (TPSA) is 88.2 Å². The lowest BCUT2D eigenvalue weighted by atomic mass is 10.1. The quantitative estimate of drug-likeness (QED) is 0.669. The standard InChI is InChI=1S/C11H14N4O2S2/c12-3-1-5-14-9-7-19(16,17)8-10(9)15(11(14)18)6-2-4-13/h9-10H,1-2,5-8H2/t9-,10+. The van der Waals surface area contributed by atoms with Crippen LogP contribution in [0, 0.1) is 22.7 Å². The molecule has 19 heavy (non-hydrogen) atoms. The van der Waals surface area contributed by atoms with Crippen LogP contribution in [0.1, 0.15) is 12.8 Å². The van der Waals surface area contributed by atoms with Gasteiger partial charge in [-0.3, -0.25) is 0 Å². The maximum Gasteiger partial charge on any atom is 0.172 e. The minimum Gasteiger partial charge on any atom is -0.342 e. The molecule has 0 aromatic heterocycles. The molecule has 0 saturated carbocycles. The number of thiocarbonyl (C=S) groups is 1. The fourth-order valence-electron chi connectivity index (χ4n) is 2.72. The van der Waals surface area contributed by atoms with E-state index in [1.54, 1.807) is 0 Å². The Morgan fingerprint density at radius 1 is 1.11 bits per heavy atom. The van der Waals surface area contributed by atoms with E-state index in [1.807, 2.05) is 9.80 Å². The molecule has 0 unspecified atom stereocenters. The van der Waals surface area contributed by atoms with Crippen molar-refractivity contribution in [3.63, 3.8) is 0 Å². The number of nitrogens with zero attached hydrogens (tertiary/aromatic N) is 4. The molecular weight excluding hydrogens is 284 g/mol. The van der Waals surface area contributed by atoms with Gasteiger partial charge >= 0.3 is 0 Å². The molecule has 2 saturated heterocycles. The van der Waals surface area contributed by atoms with E-state index in [0.29, 0.717) is 31.0 Å². The molecule has 2 atom stereocenters. The molecule has 2 fully saturated rings. The van der Waals surface area contributed by atoms with Gasteiger partial charge in [0.2, 0.25) is 0 Å². The van der Waals surface area contributed by atoms with Gasteiger partial charge in [0.1, 0.15) is 0 Å². The Morgan fingerprint density at radius 2 is 1.53 bits per heavy atom. The van der Waals surface area contributed by atoms with Gasteiger partial charge in [-0.25, -0.2) is 8.42 Å².